The van der Waals surface area contributed by atoms with Gasteiger partial charge in [0, 0.05) is 24.0 Å². The molecule has 0 atom stereocenters. The number of anilines is 1. The van der Waals surface area contributed by atoms with Crippen LogP contribution in [-0.4, -0.2) is 23.3 Å². The molecule has 0 spiro atoms. The highest BCUT2D eigenvalue weighted by atomic mass is 16.2. The van der Waals surface area contributed by atoms with Gasteiger partial charge in [0.25, 0.3) is 11.8 Å². The zero-order valence-corrected chi connectivity index (χ0v) is 15.9. The predicted octanol–water partition coefficient (Wildman–Crippen LogP) is 4.16. The molecule has 0 aliphatic carbocycles. The molecule has 1 aromatic heterocycles. The lowest BCUT2D eigenvalue weighted by Crippen LogP contribution is -2.25. The second-order valence-electron chi connectivity index (χ2n) is 7.32. The van der Waals surface area contributed by atoms with E-state index in [2.05, 4.69) is 43.3 Å². The highest BCUT2D eigenvalue weighted by Gasteiger charge is 2.14. The zero-order valence-electron chi connectivity index (χ0n) is 15.9. The van der Waals surface area contributed by atoms with Crippen LogP contribution in [0.1, 0.15) is 66.9 Å². The molecular formula is C21H27N3O2. The first kappa shape index (κ1) is 19.6. The molecule has 0 saturated heterocycles. The quantitative estimate of drug-likeness (QED) is 0.766. The largest absolute Gasteiger partial charge is 0.351 e. The highest BCUT2D eigenvalue weighted by Crippen LogP contribution is 2.23. The molecule has 2 N–H and O–H groups in total. The van der Waals surface area contributed by atoms with E-state index in [4.69, 9.17) is 0 Å². The summed E-state index contributed by atoms with van der Waals surface area (Å²) in [5.74, 6) is -0.527. The normalized spacial score (nSPS) is 11.1. The molecular weight excluding hydrogens is 326 g/mol. The van der Waals surface area contributed by atoms with Gasteiger partial charge in [-0.1, -0.05) is 46.2 Å². The minimum absolute atomic E-state index is 0.0632. The maximum absolute atomic E-state index is 12.5. The topological polar surface area (TPSA) is 71.1 Å². The van der Waals surface area contributed by atoms with E-state index in [-0.39, 0.29) is 22.9 Å². The third-order valence-electron chi connectivity index (χ3n) is 4.08. The first-order valence-corrected chi connectivity index (χ1v) is 8.97. The number of carbonyl (C=O) groups excluding carboxylic acids is 2. The maximum atomic E-state index is 12.5. The van der Waals surface area contributed by atoms with Crippen molar-refractivity contribution in [3.8, 4) is 0 Å². The van der Waals surface area contributed by atoms with Crippen molar-refractivity contribution in [3.63, 3.8) is 0 Å². The fourth-order valence-electron chi connectivity index (χ4n) is 2.42. The van der Waals surface area contributed by atoms with Gasteiger partial charge < -0.3 is 10.6 Å². The standard InChI is InChI=1S/C21H27N3O2/c1-5-6-12-23-20(26)18-14-15(11-13-22-18)19(25)24-17-9-7-16(8-10-17)21(2,3)4/h7-11,13-14H,5-6,12H2,1-4H3,(H,23,26)(H,24,25). The van der Waals surface area contributed by atoms with E-state index in [0.29, 0.717) is 17.8 Å². The van der Waals surface area contributed by atoms with E-state index < -0.39 is 0 Å². The van der Waals surface area contributed by atoms with Gasteiger partial charge in [0.05, 0.1) is 0 Å². The van der Waals surface area contributed by atoms with Crippen molar-refractivity contribution in [2.24, 2.45) is 0 Å². The number of unbranched alkanes of at least 4 members (excludes halogenated alkanes) is 1. The van der Waals surface area contributed by atoms with E-state index in [0.717, 1.165) is 12.8 Å². The molecule has 0 fully saturated rings. The smallest absolute Gasteiger partial charge is 0.269 e. The summed E-state index contributed by atoms with van der Waals surface area (Å²) < 4.78 is 0. The van der Waals surface area contributed by atoms with Crippen LogP contribution < -0.4 is 10.6 Å². The Bertz CT molecular complexity index is 762. The lowest BCUT2D eigenvalue weighted by molar-refractivity contribution is 0.0948. The summed E-state index contributed by atoms with van der Waals surface area (Å²) in [4.78, 5) is 28.6. The Labute approximate surface area is 155 Å². The second-order valence-corrected chi connectivity index (χ2v) is 7.32. The summed E-state index contributed by atoms with van der Waals surface area (Å²) >= 11 is 0. The summed E-state index contributed by atoms with van der Waals surface area (Å²) in [6, 6.07) is 10.9. The van der Waals surface area contributed by atoms with E-state index in [1.807, 2.05) is 24.3 Å². The van der Waals surface area contributed by atoms with Crippen LogP contribution >= 0.6 is 0 Å². The van der Waals surface area contributed by atoms with Crippen LogP contribution in [0, 0.1) is 0 Å². The Hall–Kier alpha value is -2.69. The van der Waals surface area contributed by atoms with Crippen molar-refractivity contribution in [2.45, 2.75) is 46.0 Å². The van der Waals surface area contributed by atoms with Gasteiger partial charge in [-0.3, -0.25) is 14.6 Å². The lowest BCUT2D eigenvalue weighted by Gasteiger charge is -2.19. The van der Waals surface area contributed by atoms with Crippen LogP contribution in [0.4, 0.5) is 5.69 Å². The van der Waals surface area contributed by atoms with E-state index in [1.54, 1.807) is 6.07 Å². The van der Waals surface area contributed by atoms with Crippen LogP contribution in [0.25, 0.3) is 0 Å². The first-order chi connectivity index (χ1) is 12.3. The maximum Gasteiger partial charge on any atom is 0.269 e. The van der Waals surface area contributed by atoms with Gasteiger partial charge in [-0.15, -0.1) is 0 Å². The Balaban J connectivity index is 2.05. The van der Waals surface area contributed by atoms with Crippen LogP contribution in [0.5, 0.6) is 0 Å². The SMILES string of the molecule is CCCCNC(=O)c1cc(C(=O)Nc2ccc(C(C)(C)C)cc2)ccn1. The third kappa shape index (κ3) is 5.41. The molecule has 5 heteroatoms. The summed E-state index contributed by atoms with van der Waals surface area (Å²) in [7, 11) is 0. The molecule has 0 unspecified atom stereocenters. The van der Waals surface area contributed by atoms with Crippen LogP contribution in [0.15, 0.2) is 42.6 Å². The Morgan fingerprint density at radius 2 is 1.73 bits per heavy atom. The Kier molecular flexibility index (Phi) is 6.50. The van der Waals surface area contributed by atoms with E-state index in [9.17, 15) is 9.59 Å². The number of hydrogen-bond donors (Lipinski definition) is 2. The van der Waals surface area contributed by atoms with Crippen LogP contribution in [0.3, 0.4) is 0 Å². The number of nitrogens with one attached hydrogen (secondary N) is 2. The summed E-state index contributed by atoms with van der Waals surface area (Å²) in [5.41, 5.74) is 2.63. The fourth-order valence-corrected chi connectivity index (χ4v) is 2.42. The van der Waals surface area contributed by atoms with Crippen LogP contribution in [0.2, 0.25) is 0 Å². The molecule has 1 heterocycles. The van der Waals surface area contributed by atoms with E-state index >= 15 is 0 Å². The van der Waals surface area contributed by atoms with Gasteiger partial charge in [-0.25, -0.2) is 0 Å². The molecule has 0 aliphatic rings. The number of rotatable bonds is 6. The average molecular weight is 353 g/mol. The number of amides is 2. The third-order valence-corrected chi connectivity index (χ3v) is 4.08. The number of pyridine rings is 1. The predicted molar refractivity (Wildman–Crippen MR) is 105 cm³/mol. The number of aromatic nitrogens is 1. The molecule has 0 saturated carbocycles. The number of nitrogens with zero attached hydrogens (tertiary/aromatic N) is 1. The fraction of sp³-hybridized carbons (Fsp3) is 0.381. The Morgan fingerprint density at radius 3 is 2.35 bits per heavy atom. The van der Waals surface area contributed by atoms with Crippen molar-refractivity contribution < 1.29 is 9.59 Å². The van der Waals surface area contributed by atoms with Crippen molar-refractivity contribution in [1.82, 2.24) is 10.3 Å². The minimum atomic E-state index is -0.265. The molecule has 0 aliphatic heterocycles. The number of carbonyl (C=O) groups is 2. The van der Waals surface area contributed by atoms with Gasteiger partial charge in [-0.2, -0.15) is 0 Å². The van der Waals surface area contributed by atoms with Gasteiger partial charge >= 0.3 is 0 Å². The van der Waals surface area contributed by atoms with Gasteiger partial charge in [0.15, 0.2) is 0 Å². The molecule has 1 aromatic carbocycles. The van der Waals surface area contributed by atoms with Gasteiger partial charge in [-0.05, 0) is 41.7 Å². The van der Waals surface area contributed by atoms with Crippen LogP contribution in [-0.2, 0) is 5.41 Å². The summed E-state index contributed by atoms with van der Waals surface area (Å²) in [6.07, 6.45) is 3.40. The second kappa shape index (κ2) is 8.61. The molecule has 0 bridgehead atoms. The minimum Gasteiger partial charge on any atom is -0.351 e. The summed E-state index contributed by atoms with van der Waals surface area (Å²) in [5, 5.41) is 5.66. The molecule has 26 heavy (non-hydrogen) atoms. The molecule has 2 aromatic rings. The number of benzene rings is 1. The molecule has 2 rings (SSSR count). The van der Waals surface area contributed by atoms with Crippen molar-refractivity contribution >= 4 is 17.5 Å². The summed E-state index contributed by atoms with van der Waals surface area (Å²) in [6.45, 7) is 9.09. The van der Waals surface area contributed by atoms with Gasteiger partial charge in [0.2, 0.25) is 0 Å². The molecule has 5 nitrogen and oxygen atoms in total. The molecule has 2 amide bonds. The van der Waals surface area contributed by atoms with Crippen molar-refractivity contribution in [1.29, 1.82) is 0 Å². The average Bonchev–Trinajstić information content (AvgIpc) is 2.61. The number of hydrogen-bond acceptors (Lipinski definition) is 3. The van der Waals surface area contributed by atoms with Crippen molar-refractivity contribution in [2.75, 3.05) is 11.9 Å². The van der Waals surface area contributed by atoms with Crippen molar-refractivity contribution in [3.05, 3.63) is 59.4 Å². The molecule has 138 valence electrons. The Morgan fingerprint density at radius 1 is 1.04 bits per heavy atom. The first-order valence-electron chi connectivity index (χ1n) is 8.97. The highest BCUT2D eigenvalue weighted by molar-refractivity contribution is 6.05. The zero-order chi connectivity index (χ0) is 19.2. The lowest BCUT2D eigenvalue weighted by atomic mass is 9.87. The molecule has 0 radical (unpaired) electrons. The monoisotopic (exact) mass is 353 g/mol. The van der Waals surface area contributed by atoms with Gasteiger partial charge in [0.1, 0.15) is 5.69 Å². The van der Waals surface area contributed by atoms with E-state index in [1.165, 1.54) is 17.8 Å².